The molecule has 0 aliphatic carbocycles. The second-order valence-electron chi connectivity index (χ2n) is 19.3. The molecule has 0 heterocycles. The number of carbonyl (C=O) groups excluding carboxylic acids is 2. The lowest BCUT2D eigenvalue weighted by Crippen LogP contribution is -2.46. The third-order valence-corrected chi connectivity index (χ3v) is 13.0. The maximum absolute atomic E-state index is 13.2. The van der Waals surface area contributed by atoms with Crippen LogP contribution in [0.25, 0.3) is 0 Å². The van der Waals surface area contributed by atoms with Gasteiger partial charge in [-0.05, 0) is 64.2 Å². The van der Waals surface area contributed by atoms with E-state index in [-0.39, 0.29) is 24.9 Å². The van der Waals surface area contributed by atoms with Crippen LogP contribution in [0.3, 0.4) is 0 Å². The van der Waals surface area contributed by atoms with Crippen molar-refractivity contribution < 1.29 is 24.5 Å². The Morgan fingerprint density at radius 2 is 0.797 bits per heavy atom. The number of aliphatic hydroxyl groups excluding tert-OH is 2. The summed E-state index contributed by atoms with van der Waals surface area (Å²) in [7, 11) is 0. The SMILES string of the molecule is CCCCC/C=C\C/C=C\C/C=C\CCCCCCC(CC(=O)NC(CO)C(O)CCCCCCCCCCCCCCCCCCC)OC(=O)CCCCCCCCCCCCC. The summed E-state index contributed by atoms with van der Waals surface area (Å²) < 4.78 is 5.94. The van der Waals surface area contributed by atoms with E-state index in [1.54, 1.807) is 0 Å². The summed E-state index contributed by atoms with van der Waals surface area (Å²) >= 11 is 0. The Kier molecular flexibility index (Phi) is 50.5. The first-order valence-electron chi connectivity index (χ1n) is 28.2. The molecule has 64 heavy (non-hydrogen) atoms. The first-order chi connectivity index (χ1) is 31.5. The van der Waals surface area contributed by atoms with Crippen LogP contribution in [0.2, 0.25) is 0 Å². The number of carbonyl (C=O) groups is 2. The van der Waals surface area contributed by atoms with Gasteiger partial charge in [0, 0.05) is 6.42 Å². The first-order valence-corrected chi connectivity index (χ1v) is 28.2. The van der Waals surface area contributed by atoms with Crippen LogP contribution in [0.4, 0.5) is 0 Å². The quantitative estimate of drug-likeness (QED) is 0.0321. The van der Waals surface area contributed by atoms with Crippen LogP contribution in [0.5, 0.6) is 0 Å². The molecule has 3 unspecified atom stereocenters. The smallest absolute Gasteiger partial charge is 0.306 e. The van der Waals surface area contributed by atoms with Gasteiger partial charge in [0.1, 0.15) is 6.10 Å². The molecule has 3 atom stereocenters. The number of esters is 1. The normalized spacial score (nSPS) is 13.4. The number of hydrogen-bond donors (Lipinski definition) is 3. The second-order valence-corrected chi connectivity index (χ2v) is 19.3. The van der Waals surface area contributed by atoms with E-state index in [2.05, 4.69) is 62.5 Å². The molecule has 0 rings (SSSR count). The zero-order chi connectivity index (χ0) is 46.7. The Bertz CT molecular complexity index is 1060. The molecular formula is C58H109NO5. The fourth-order valence-corrected chi connectivity index (χ4v) is 8.67. The van der Waals surface area contributed by atoms with Crippen LogP contribution in [0.1, 0.15) is 297 Å². The van der Waals surface area contributed by atoms with E-state index in [1.807, 2.05) is 0 Å². The number of nitrogens with one attached hydrogen (secondary N) is 1. The highest BCUT2D eigenvalue weighted by atomic mass is 16.5. The minimum atomic E-state index is -0.792. The predicted molar refractivity (Wildman–Crippen MR) is 278 cm³/mol. The van der Waals surface area contributed by atoms with Gasteiger partial charge < -0.3 is 20.3 Å². The summed E-state index contributed by atoms with van der Waals surface area (Å²) in [5.41, 5.74) is 0. The molecule has 0 radical (unpaired) electrons. The molecular weight excluding hydrogens is 791 g/mol. The maximum atomic E-state index is 13.2. The highest BCUT2D eigenvalue weighted by molar-refractivity contribution is 5.77. The van der Waals surface area contributed by atoms with Crippen LogP contribution < -0.4 is 5.32 Å². The summed E-state index contributed by atoms with van der Waals surface area (Å²) in [6, 6.07) is -0.707. The van der Waals surface area contributed by atoms with Crippen molar-refractivity contribution in [2.75, 3.05) is 6.61 Å². The molecule has 376 valence electrons. The van der Waals surface area contributed by atoms with E-state index in [4.69, 9.17) is 4.74 Å². The van der Waals surface area contributed by atoms with E-state index in [1.165, 1.54) is 173 Å². The van der Waals surface area contributed by atoms with E-state index in [0.29, 0.717) is 19.3 Å². The van der Waals surface area contributed by atoms with E-state index in [0.717, 1.165) is 77.0 Å². The van der Waals surface area contributed by atoms with Crippen molar-refractivity contribution in [3.05, 3.63) is 36.5 Å². The monoisotopic (exact) mass is 900 g/mol. The van der Waals surface area contributed by atoms with Gasteiger partial charge in [-0.25, -0.2) is 0 Å². The van der Waals surface area contributed by atoms with Gasteiger partial charge in [0.05, 0.1) is 25.2 Å². The van der Waals surface area contributed by atoms with Crippen molar-refractivity contribution in [3.63, 3.8) is 0 Å². The molecule has 0 fully saturated rings. The van der Waals surface area contributed by atoms with Gasteiger partial charge in [0.25, 0.3) is 0 Å². The standard InChI is InChI=1S/C58H109NO5/c1-4-7-10-13-16-19-22-24-26-28-30-32-35-37-40-43-46-49-54(64-58(63)51-48-45-42-39-34-21-18-15-12-9-6-3)52-57(62)59-55(53-60)56(61)50-47-44-41-38-36-33-31-29-27-25-23-20-17-14-11-8-5-2/h16,19,24,26,30,32,54-56,60-61H,4-15,17-18,20-23,25,27-29,31,33-53H2,1-3H3,(H,59,62)/b19-16-,26-24-,32-30-. The van der Waals surface area contributed by atoms with Crippen molar-refractivity contribution >= 4 is 11.9 Å². The Morgan fingerprint density at radius 1 is 0.453 bits per heavy atom. The van der Waals surface area contributed by atoms with Crippen LogP contribution in [-0.4, -0.2) is 46.9 Å². The highest BCUT2D eigenvalue weighted by Crippen LogP contribution is 2.18. The van der Waals surface area contributed by atoms with Gasteiger partial charge in [-0.1, -0.05) is 256 Å². The maximum Gasteiger partial charge on any atom is 0.306 e. The molecule has 0 aliphatic rings. The van der Waals surface area contributed by atoms with Crippen molar-refractivity contribution in [1.82, 2.24) is 5.32 Å². The van der Waals surface area contributed by atoms with Crippen molar-refractivity contribution in [1.29, 1.82) is 0 Å². The number of unbranched alkanes of at least 4 members (excludes halogenated alkanes) is 33. The third-order valence-electron chi connectivity index (χ3n) is 13.0. The minimum Gasteiger partial charge on any atom is -0.462 e. The number of ether oxygens (including phenoxy) is 1. The van der Waals surface area contributed by atoms with Gasteiger partial charge in [-0.3, -0.25) is 9.59 Å². The summed E-state index contributed by atoms with van der Waals surface area (Å²) in [5.74, 6) is -0.483. The van der Waals surface area contributed by atoms with Gasteiger partial charge in [0.2, 0.25) is 5.91 Å². The Morgan fingerprint density at radius 3 is 1.23 bits per heavy atom. The van der Waals surface area contributed by atoms with Crippen molar-refractivity contribution in [2.24, 2.45) is 0 Å². The van der Waals surface area contributed by atoms with Gasteiger partial charge in [-0.15, -0.1) is 0 Å². The van der Waals surface area contributed by atoms with Gasteiger partial charge in [-0.2, -0.15) is 0 Å². The summed E-state index contributed by atoms with van der Waals surface area (Å²) in [6.07, 6.45) is 62.1. The average molecular weight is 901 g/mol. The van der Waals surface area contributed by atoms with Crippen LogP contribution >= 0.6 is 0 Å². The number of hydrogen-bond acceptors (Lipinski definition) is 5. The largest absolute Gasteiger partial charge is 0.462 e. The second kappa shape index (κ2) is 52.1. The molecule has 0 saturated carbocycles. The molecule has 1 amide bonds. The Balaban J connectivity index is 4.53. The molecule has 0 saturated heterocycles. The van der Waals surface area contributed by atoms with Gasteiger partial charge in [0.15, 0.2) is 0 Å². The first kappa shape index (κ1) is 62.1. The fraction of sp³-hybridized carbons (Fsp3) is 0.862. The topological polar surface area (TPSA) is 95.9 Å². The lowest BCUT2D eigenvalue weighted by atomic mass is 10.0. The molecule has 3 N–H and O–H groups in total. The van der Waals surface area contributed by atoms with Crippen molar-refractivity contribution in [2.45, 2.75) is 315 Å². The Labute approximate surface area is 398 Å². The third kappa shape index (κ3) is 46.6. The molecule has 0 aromatic heterocycles. The van der Waals surface area contributed by atoms with Crippen LogP contribution in [0.15, 0.2) is 36.5 Å². The molecule has 0 spiro atoms. The van der Waals surface area contributed by atoms with E-state index >= 15 is 0 Å². The lowest BCUT2D eigenvalue weighted by molar-refractivity contribution is -0.151. The minimum absolute atomic E-state index is 0.0667. The molecule has 0 bridgehead atoms. The van der Waals surface area contributed by atoms with E-state index < -0.39 is 18.2 Å². The zero-order valence-electron chi connectivity index (χ0n) is 42.9. The summed E-state index contributed by atoms with van der Waals surface area (Å²) in [4.78, 5) is 26.2. The predicted octanol–water partition coefficient (Wildman–Crippen LogP) is 17.2. The molecule has 0 aromatic carbocycles. The molecule has 6 heteroatoms. The summed E-state index contributed by atoms with van der Waals surface area (Å²) in [5, 5.41) is 23.9. The number of aliphatic hydroxyl groups is 2. The molecule has 0 aromatic rings. The average Bonchev–Trinajstić information content (AvgIpc) is 3.29. The van der Waals surface area contributed by atoms with E-state index in [9.17, 15) is 19.8 Å². The zero-order valence-corrected chi connectivity index (χ0v) is 42.9. The number of amides is 1. The lowest BCUT2D eigenvalue weighted by Gasteiger charge is -2.24. The van der Waals surface area contributed by atoms with Crippen LogP contribution in [-0.2, 0) is 14.3 Å². The summed E-state index contributed by atoms with van der Waals surface area (Å²) in [6.45, 7) is 6.47. The van der Waals surface area contributed by atoms with Gasteiger partial charge >= 0.3 is 5.97 Å². The molecule has 6 nitrogen and oxygen atoms in total. The Hall–Kier alpha value is -1.92. The number of rotatable bonds is 51. The molecule has 0 aliphatic heterocycles. The van der Waals surface area contributed by atoms with Crippen molar-refractivity contribution in [3.8, 4) is 0 Å². The van der Waals surface area contributed by atoms with Crippen LogP contribution in [0, 0.1) is 0 Å². The fourth-order valence-electron chi connectivity index (χ4n) is 8.67. The highest BCUT2D eigenvalue weighted by Gasteiger charge is 2.24. The number of allylic oxidation sites excluding steroid dienone is 6.